The monoisotopic (exact) mass is 473 g/mol. The molecule has 0 amide bonds. The maximum Gasteiger partial charge on any atom is 0.0846 e. The second-order valence-electron chi connectivity index (χ2n) is 9.24. The van der Waals surface area contributed by atoms with Crippen molar-refractivity contribution in [2.24, 2.45) is 11.8 Å². The van der Waals surface area contributed by atoms with Gasteiger partial charge in [-0.05, 0) is 69.1 Å². The Labute approximate surface area is 216 Å². The van der Waals surface area contributed by atoms with Crippen molar-refractivity contribution in [2.75, 3.05) is 4.90 Å². The molecule has 5 aromatic rings. The van der Waals surface area contributed by atoms with Crippen molar-refractivity contribution < 1.29 is 0 Å². The Morgan fingerprint density at radius 1 is 0.541 bits per heavy atom. The Bertz CT molecular complexity index is 1680. The minimum Gasteiger partial charge on any atom is -0.310 e. The van der Waals surface area contributed by atoms with Crippen molar-refractivity contribution in [3.63, 3.8) is 0 Å². The minimum atomic E-state index is -0.434. The molecule has 174 valence electrons. The summed E-state index contributed by atoms with van der Waals surface area (Å²) in [7, 11) is 0. The number of hydrogen-bond acceptors (Lipinski definition) is 3. The molecular weight excluding hydrogens is 450 g/mol. The van der Waals surface area contributed by atoms with Gasteiger partial charge in [-0.1, -0.05) is 91.0 Å². The van der Waals surface area contributed by atoms with Crippen LogP contribution in [0.15, 0.2) is 127 Å². The van der Waals surface area contributed by atoms with Gasteiger partial charge in [-0.2, -0.15) is 10.5 Å². The highest BCUT2D eigenvalue weighted by atomic mass is 15.1. The summed E-state index contributed by atoms with van der Waals surface area (Å²) >= 11 is 0. The van der Waals surface area contributed by atoms with Crippen LogP contribution in [-0.2, 0) is 0 Å². The molecule has 2 atom stereocenters. The summed E-state index contributed by atoms with van der Waals surface area (Å²) in [6.45, 7) is 0. The Balaban J connectivity index is 1.44. The van der Waals surface area contributed by atoms with Crippen molar-refractivity contribution in [3.05, 3.63) is 133 Å². The second kappa shape index (κ2) is 9.50. The molecule has 1 aliphatic carbocycles. The van der Waals surface area contributed by atoms with Gasteiger partial charge in [0.25, 0.3) is 0 Å². The van der Waals surface area contributed by atoms with Crippen LogP contribution in [0.3, 0.4) is 0 Å². The van der Waals surface area contributed by atoms with Crippen LogP contribution >= 0.6 is 0 Å². The van der Waals surface area contributed by atoms with Gasteiger partial charge >= 0.3 is 0 Å². The molecule has 5 aromatic carbocycles. The maximum atomic E-state index is 9.49. The normalized spacial score (nSPS) is 16.6. The topological polar surface area (TPSA) is 50.8 Å². The molecule has 0 aromatic heterocycles. The number of allylic oxidation sites excluding steroid dienone is 4. The molecule has 6 rings (SSSR count). The average Bonchev–Trinajstić information content (AvgIpc) is 2.97. The van der Waals surface area contributed by atoms with Crippen molar-refractivity contribution in [1.29, 1.82) is 10.5 Å². The predicted molar refractivity (Wildman–Crippen MR) is 151 cm³/mol. The highest BCUT2D eigenvalue weighted by Gasteiger charge is 2.21. The van der Waals surface area contributed by atoms with Crippen LogP contribution in [0.2, 0.25) is 0 Å². The summed E-state index contributed by atoms with van der Waals surface area (Å²) in [5.74, 6) is -0.833. The Morgan fingerprint density at radius 2 is 1.05 bits per heavy atom. The first-order valence-corrected chi connectivity index (χ1v) is 12.3. The summed E-state index contributed by atoms with van der Waals surface area (Å²) in [5, 5.41) is 23.6. The molecule has 3 nitrogen and oxygen atoms in total. The summed E-state index contributed by atoms with van der Waals surface area (Å²) < 4.78 is 0. The fraction of sp³-hybridized carbons (Fsp3) is 0.0588. The van der Waals surface area contributed by atoms with Gasteiger partial charge in [-0.3, -0.25) is 0 Å². The third-order valence-corrected chi connectivity index (χ3v) is 6.97. The fourth-order valence-electron chi connectivity index (χ4n) is 4.99. The Hall–Kier alpha value is -5.12. The van der Waals surface area contributed by atoms with Crippen molar-refractivity contribution in [3.8, 4) is 12.1 Å². The number of hydrogen-bond donors (Lipinski definition) is 0. The third-order valence-electron chi connectivity index (χ3n) is 6.97. The van der Waals surface area contributed by atoms with Crippen molar-refractivity contribution in [1.82, 2.24) is 0 Å². The lowest BCUT2D eigenvalue weighted by molar-refractivity contribution is 0.696. The van der Waals surface area contributed by atoms with E-state index in [1.165, 1.54) is 21.5 Å². The predicted octanol–water partition coefficient (Wildman–Crippen LogP) is 8.70. The zero-order valence-corrected chi connectivity index (χ0v) is 20.1. The molecule has 37 heavy (non-hydrogen) atoms. The van der Waals surface area contributed by atoms with Gasteiger partial charge in [0.05, 0.1) is 24.0 Å². The lowest BCUT2D eigenvalue weighted by Crippen LogP contribution is -2.11. The number of rotatable bonds is 4. The average molecular weight is 474 g/mol. The zero-order chi connectivity index (χ0) is 25.2. The van der Waals surface area contributed by atoms with Gasteiger partial charge in [0, 0.05) is 17.1 Å². The zero-order valence-electron chi connectivity index (χ0n) is 20.1. The largest absolute Gasteiger partial charge is 0.310 e. The number of nitriles is 2. The molecule has 0 N–H and O–H groups in total. The standard InChI is InChI=1S/C34H23N3/c35-22-30-10-9-29(19-31(30)23-36)26-11-15-32(16-12-26)37(33-17-13-24-5-1-3-7-27(24)20-33)34-18-14-25-6-2-4-8-28(25)21-34/h1-21,30-31H. The first-order chi connectivity index (χ1) is 18.2. The van der Waals surface area contributed by atoms with E-state index < -0.39 is 11.8 Å². The van der Waals surface area contributed by atoms with E-state index in [-0.39, 0.29) is 0 Å². The van der Waals surface area contributed by atoms with E-state index in [0.717, 1.165) is 28.2 Å². The van der Waals surface area contributed by atoms with Gasteiger partial charge in [-0.15, -0.1) is 0 Å². The van der Waals surface area contributed by atoms with Crippen LogP contribution in [0.25, 0.3) is 27.1 Å². The van der Waals surface area contributed by atoms with Crippen LogP contribution in [0.1, 0.15) is 5.56 Å². The number of anilines is 3. The number of fused-ring (bicyclic) bond motifs is 2. The molecule has 0 radical (unpaired) electrons. The molecule has 0 bridgehead atoms. The quantitative estimate of drug-likeness (QED) is 0.262. The van der Waals surface area contributed by atoms with E-state index in [0.29, 0.717) is 0 Å². The van der Waals surface area contributed by atoms with E-state index >= 15 is 0 Å². The van der Waals surface area contributed by atoms with Crippen molar-refractivity contribution in [2.45, 2.75) is 0 Å². The SMILES string of the molecule is N#CC1C=CC(c2ccc(N(c3ccc4ccccc4c3)c3ccc4ccccc4c3)cc2)=CC1C#N. The third kappa shape index (κ3) is 4.25. The van der Waals surface area contributed by atoms with Gasteiger partial charge in [-0.25, -0.2) is 0 Å². The second-order valence-corrected chi connectivity index (χ2v) is 9.24. The lowest BCUT2D eigenvalue weighted by atomic mass is 9.85. The summed E-state index contributed by atoms with van der Waals surface area (Å²) in [6.07, 6.45) is 5.67. The van der Waals surface area contributed by atoms with Gasteiger partial charge in [0.15, 0.2) is 0 Å². The molecule has 0 saturated heterocycles. The Morgan fingerprint density at radius 3 is 1.59 bits per heavy atom. The molecule has 0 saturated carbocycles. The summed E-state index contributed by atoms with van der Waals surface area (Å²) in [5.41, 5.74) is 5.20. The smallest absolute Gasteiger partial charge is 0.0846 e. The van der Waals surface area contributed by atoms with Crippen LogP contribution in [-0.4, -0.2) is 0 Å². The van der Waals surface area contributed by atoms with Crippen LogP contribution in [0.4, 0.5) is 17.1 Å². The molecule has 0 aliphatic heterocycles. The first kappa shape index (κ1) is 22.4. The van der Waals surface area contributed by atoms with E-state index in [1.807, 2.05) is 18.2 Å². The van der Waals surface area contributed by atoms with Crippen molar-refractivity contribution >= 4 is 44.2 Å². The maximum absolute atomic E-state index is 9.49. The molecule has 1 aliphatic rings. The van der Waals surface area contributed by atoms with Gasteiger partial charge in [0.1, 0.15) is 0 Å². The molecule has 0 heterocycles. The minimum absolute atomic E-state index is 0.399. The fourth-order valence-corrected chi connectivity index (χ4v) is 4.99. The number of nitrogens with zero attached hydrogens (tertiary/aromatic N) is 3. The highest BCUT2D eigenvalue weighted by molar-refractivity contribution is 5.92. The van der Waals surface area contributed by atoms with E-state index in [9.17, 15) is 10.5 Å². The molecular formula is C34H23N3. The van der Waals surface area contributed by atoms with E-state index in [1.54, 1.807) is 0 Å². The molecule has 2 unspecified atom stereocenters. The molecule has 0 spiro atoms. The summed E-state index contributed by atoms with van der Waals surface area (Å²) in [6, 6.07) is 42.8. The highest BCUT2D eigenvalue weighted by Crippen LogP contribution is 2.38. The van der Waals surface area contributed by atoms with Crippen LogP contribution in [0, 0.1) is 34.5 Å². The Kier molecular flexibility index (Phi) is 5.74. The first-order valence-electron chi connectivity index (χ1n) is 12.3. The van der Waals surface area contributed by atoms with Crippen LogP contribution in [0.5, 0.6) is 0 Å². The number of benzene rings is 5. The molecule has 0 fully saturated rings. The van der Waals surface area contributed by atoms with Crippen LogP contribution < -0.4 is 4.90 Å². The van der Waals surface area contributed by atoms with E-state index in [2.05, 4.69) is 126 Å². The summed E-state index contributed by atoms with van der Waals surface area (Å²) in [4.78, 5) is 2.28. The van der Waals surface area contributed by atoms with Gasteiger partial charge < -0.3 is 4.90 Å². The lowest BCUT2D eigenvalue weighted by Gasteiger charge is -2.26. The van der Waals surface area contributed by atoms with E-state index in [4.69, 9.17) is 0 Å². The van der Waals surface area contributed by atoms with Gasteiger partial charge in [0.2, 0.25) is 0 Å². The molecule has 3 heteroatoms.